The molecule has 5 amide bonds. The van der Waals surface area contributed by atoms with Gasteiger partial charge in [-0.15, -0.1) is 0 Å². The van der Waals surface area contributed by atoms with Crippen molar-refractivity contribution in [3.63, 3.8) is 0 Å². The lowest BCUT2D eigenvalue weighted by Crippen LogP contribution is -2.54. The third-order valence-corrected chi connectivity index (χ3v) is 8.26. The molecule has 3 N–H and O–H groups in total. The van der Waals surface area contributed by atoms with Gasteiger partial charge >= 0.3 is 0 Å². The van der Waals surface area contributed by atoms with Crippen LogP contribution >= 0.6 is 0 Å². The van der Waals surface area contributed by atoms with Crippen molar-refractivity contribution in [3.05, 3.63) is 113 Å². The first-order valence-corrected chi connectivity index (χ1v) is 15.4. The number of halogens is 2. The van der Waals surface area contributed by atoms with E-state index in [1.807, 2.05) is 0 Å². The fourth-order valence-electron chi connectivity index (χ4n) is 5.81. The molecule has 1 fully saturated rings. The van der Waals surface area contributed by atoms with Gasteiger partial charge in [-0.05, 0) is 47.9 Å². The third kappa shape index (κ3) is 6.14. The SMILES string of the molecule is O=C1CCC(N2C(=O)c3cccc(CNCc4ccc(-n5cc(NC(=O)c6coc(-c7ccncc7)n6)c(C(F)F)n5)cc4)c3C2=O)C(=O)N1. The van der Waals surface area contributed by atoms with Crippen LogP contribution < -0.4 is 16.0 Å². The maximum absolute atomic E-state index is 13.9. The number of hydrogen-bond acceptors (Lipinski definition) is 10. The summed E-state index contributed by atoms with van der Waals surface area (Å²) in [4.78, 5) is 72.2. The van der Waals surface area contributed by atoms with E-state index in [1.165, 1.54) is 29.3 Å². The predicted octanol–water partition coefficient (Wildman–Crippen LogP) is 3.80. The van der Waals surface area contributed by atoms with Crippen molar-refractivity contribution in [2.45, 2.75) is 38.4 Å². The number of anilines is 1. The maximum Gasteiger partial charge on any atom is 0.284 e. The van der Waals surface area contributed by atoms with Gasteiger partial charge in [0.15, 0.2) is 11.4 Å². The van der Waals surface area contributed by atoms with Crippen LogP contribution in [0.15, 0.2) is 83.9 Å². The molecule has 2 aliphatic rings. The number of amides is 5. The highest BCUT2D eigenvalue weighted by Crippen LogP contribution is 2.31. The molecule has 1 saturated heterocycles. The number of hydrogen-bond donors (Lipinski definition) is 3. The topological polar surface area (TPSA) is 181 Å². The summed E-state index contributed by atoms with van der Waals surface area (Å²) in [6, 6.07) is 14.0. The zero-order chi connectivity index (χ0) is 34.9. The van der Waals surface area contributed by atoms with Gasteiger partial charge in [-0.1, -0.05) is 24.3 Å². The number of nitrogens with one attached hydrogen (secondary N) is 3. The largest absolute Gasteiger partial charge is 0.444 e. The summed E-state index contributed by atoms with van der Waals surface area (Å²) in [5.41, 5.74) is 1.91. The van der Waals surface area contributed by atoms with E-state index in [2.05, 4.69) is 31.0 Å². The van der Waals surface area contributed by atoms with Crippen LogP contribution in [-0.2, 0) is 22.7 Å². The molecule has 0 spiro atoms. The van der Waals surface area contributed by atoms with E-state index in [1.54, 1.807) is 48.5 Å². The molecule has 2 aliphatic heterocycles. The normalized spacial score (nSPS) is 15.8. The lowest BCUT2D eigenvalue weighted by atomic mass is 10.0. The van der Waals surface area contributed by atoms with Crippen molar-refractivity contribution in [1.29, 1.82) is 0 Å². The van der Waals surface area contributed by atoms with Crippen LogP contribution in [0.2, 0.25) is 0 Å². The molecule has 14 nitrogen and oxygen atoms in total. The molecule has 0 aliphatic carbocycles. The van der Waals surface area contributed by atoms with Gasteiger partial charge in [-0.25, -0.2) is 18.4 Å². The molecule has 5 aromatic rings. The Kier molecular flexibility index (Phi) is 8.51. The fraction of sp³-hybridized carbons (Fsp3) is 0.176. The summed E-state index contributed by atoms with van der Waals surface area (Å²) in [6.07, 6.45) is 2.60. The highest BCUT2D eigenvalue weighted by atomic mass is 19.3. The van der Waals surface area contributed by atoms with Crippen molar-refractivity contribution < 1.29 is 37.2 Å². The number of piperidine rings is 1. The summed E-state index contributed by atoms with van der Waals surface area (Å²) in [5, 5.41) is 11.8. The average molecular weight is 681 g/mol. The van der Waals surface area contributed by atoms with Crippen LogP contribution in [0, 0.1) is 0 Å². The van der Waals surface area contributed by atoms with Crippen LogP contribution in [0.4, 0.5) is 14.5 Å². The second-order valence-electron chi connectivity index (χ2n) is 11.5. The van der Waals surface area contributed by atoms with Gasteiger partial charge in [0.1, 0.15) is 12.3 Å². The van der Waals surface area contributed by atoms with Crippen LogP contribution in [0.1, 0.15) is 67.3 Å². The fourth-order valence-corrected chi connectivity index (χ4v) is 5.81. The zero-order valence-electron chi connectivity index (χ0n) is 25.9. The molecular weight excluding hydrogens is 654 g/mol. The lowest BCUT2D eigenvalue weighted by molar-refractivity contribution is -0.136. The van der Waals surface area contributed by atoms with Gasteiger partial charge < -0.3 is 15.1 Å². The number of carbonyl (C=O) groups is 5. The summed E-state index contributed by atoms with van der Waals surface area (Å²) in [5.74, 6) is -2.88. The number of carbonyl (C=O) groups excluding carboxylic acids is 5. The summed E-state index contributed by atoms with van der Waals surface area (Å²) >= 11 is 0. The molecule has 1 atom stereocenters. The van der Waals surface area contributed by atoms with Crippen LogP contribution in [0.3, 0.4) is 0 Å². The molecule has 7 rings (SSSR count). The smallest absolute Gasteiger partial charge is 0.284 e. The zero-order valence-corrected chi connectivity index (χ0v) is 25.9. The first-order valence-electron chi connectivity index (χ1n) is 15.4. The number of alkyl halides is 2. The number of imide groups is 2. The molecule has 1 unspecified atom stereocenters. The van der Waals surface area contributed by atoms with Crippen molar-refractivity contribution in [2.24, 2.45) is 0 Å². The van der Waals surface area contributed by atoms with Gasteiger partial charge in [-0.2, -0.15) is 5.10 Å². The quantitative estimate of drug-likeness (QED) is 0.184. The minimum atomic E-state index is -2.97. The molecule has 2 aromatic carbocycles. The maximum atomic E-state index is 13.9. The van der Waals surface area contributed by atoms with Gasteiger partial charge in [0.05, 0.1) is 28.7 Å². The highest BCUT2D eigenvalue weighted by molar-refractivity contribution is 6.24. The second-order valence-corrected chi connectivity index (χ2v) is 11.5. The highest BCUT2D eigenvalue weighted by Gasteiger charge is 2.45. The third-order valence-electron chi connectivity index (χ3n) is 8.26. The predicted molar refractivity (Wildman–Crippen MR) is 170 cm³/mol. The molecule has 3 aromatic heterocycles. The number of nitrogens with zero attached hydrogens (tertiary/aromatic N) is 5. The molecule has 0 saturated carbocycles. The molecule has 252 valence electrons. The Morgan fingerprint density at radius 2 is 1.78 bits per heavy atom. The average Bonchev–Trinajstić information content (AvgIpc) is 3.84. The first kappa shape index (κ1) is 32.1. The van der Waals surface area contributed by atoms with Gasteiger partial charge in [0.25, 0.3) is 24.1 Å². The minimum absolute atomic E-state index is 0.0289. The Hall–Kier alpha value is -6.42. The summed E-state index contributed by atoms with van der Waals surface area (Å²) < 4.78 is 34.4. The van der Waals surface area contributed by atoms with E-state index < -0.39 is 47.7 Å². The Bertz CT molecular complexity index is 2150. The Labute approximate surface area is 281 Å². The van der Waals surface area contributed by atoms with Crippen LogP contribution in [-0.4, -0.2) is 60.2 Å². The van der Waals surface area contributed by atoms with E-state index in [9.17, 15) is 32.8 Å². The van der Waals surface area contributed by atoms with E-state index >= 15 is 0 Å². The number of rotatable bonds is 10. The minimum Gasteiger partial charge on any atom is -0.444 e. The molecule has 5 heterocycles. The van der Waals surface area contributed by atoms with E-state index in [0.29, 0.717) is 23.4 Å². The molecule has 16 heteroatoms. The Morgan fingerprint density at radius 1 is 1.00 bits per heavy atom. The molecule has 0 radical (unpaired) electrons. The lowest BCUT2D eigenvalue weighted by Gasteiger charge is -2.27. The molecule has 50 heavy (non-hydrogen) atoms. The van der Waals surface area contributed by atoms with Crippen LogP contribution in [0.25, 0.3) is 17.1 Å². The Balaban J connectivity index is 1.000. The van der Waals surface area contributed by atoms with Gasteiger partial charge in [0.2, 0.25) is 17.7 Å². The van der Waals surface area contributed by atoms with Gasteiger partial charge in [0, 0.05) is 37.5 Å². The number of oxazole rings is 1. The number of pyridine rings is 1. The summed E-state index contributed by atoms with van der Waals surface area (Å²) in [6.45, 7) is 0.577. The van der Waals surface area contributed by atoms with E-state index in [4.69, 9.17) is 4.42 Å². The first-order chi connectivity index (χ1) is 24.2. The second kappa shape index (κ2) is 13.2. The molecular formula is C34H26F2N8O6. The standard InChI is InChI=1S/C34H26F2N8O6/c35-29(36)28-23(39-30(46)24-17-50-32(40-24)19-10-12-37-13-11-19)16-43(42-28)21-6-4-18(5-7-21)14-38-15-20-2-1-3-22-27(20)34(49)44(33(22)48)25-8-9-26(45)41-31(25)47/h1-7,10-13,16-17,25,29,38H,8-9,14-15H2,(H,39,46)(H,41,45,47). The number of fused-ring (bicyclic) bond motifs is 1. The van der Waals surface area contributed by atoms with Crippen molar-refractivity contribution in [1.82, 2.24) is 35.3 Å². The Morgan fingerprint density at radius 3 is 2.52 bits per heavy atom. The van der Waals surface area contributed by atoms with Crippen LogP contribution in [0.5, 0.6) is 0 Å². The number of aromatic nitrogens is 4. The van der Waals surface area contributed by atoms with Gasteiger partial charge in [-0.3, -0.25) is 39.2 Å². The molecule has 0 bridgehead atoms. The van der Waals surface area contributed by atoms with Crippen molar-refractivity contribution >= 4 is 35.2 Å². The van der Waals surface area contributed by atoms with E-state index in [-0.39, 0.29) is 47.8 Å². The van der Waals surface area contributed by atoms with Crippen molar-refractivity contribution in [2.75, 3.05) is 5.32 Å². The number of benzene rings is 2. The summed E-state index contributed by atoms with van der Waals surface area (Å²) in [7, 11) is 0. The monoisotopic (exact) mass is 680 g/mol. The van der Waals surface area contributed by atoms with Crippen molar-refractivity contribution in [3.8, 4) is 17.1 Å². The van der Waals surface area contributed by atoms with E-state index in [0.717, 1.165) is 16.7 Å².